The van der Waals surface area contributed by atoms with Gasteiger partial charge in [-0.3, -0.25) is 9.69 Å². The fourth-order valence-electron chi connectivity index (χ4n) is 4.17. The summed E-state index contributed by atoms with van der Waals surface area (Å²) >= 11 is 0. The molecule has 166 valence electrons. The maximum atomic E-state index is 13.3. The molecule has 8 nitrogen and oxygen atoms in total. The summed E-state index contributed by atoms with van der Waals surface area (Å²) in [5.41, 5.74) is 2.44. The quantitative estimate of drug-likeness (QED) is 0.702. The number of carbonyl (C=O) groups is 1. The van der Waals surface area contributed by atoms with Gasteiger partial charge in [0.25, 0.3) is 10.2 Å². The molecule has 0 spiro atoms. The summed E-state index contributed by atoms with van der Waals surface area (Å²) in [4.78, 5) is 23.7. The lowest BCUT2D eigenvalue weighted by molar-refractivity contribution is -0.119. The maximum Gasteiger partial charge on any atom is 0.282 e. The Morgan fingerprint density at radius 1 is 1.16 bits per heavy atom. The van der Waals surface area contributed by atoms with Crippen molar-refractivity contribution >= 4 is 21.9 Å². The van der Waals surface area contributed by atoms with E-state index in [1.54, 1.807) is 17.0 Å². The molecule has 0 aliphatic carbocycles. The molecule has 0 radical (unpaired) electrons. The number of anilines is 1. The topological polar surface area (TPSA) is 86.7 Å². The Bertz CT molecular complexity index is 1100. The molecule has 0 saturated carbocycles. The highest BCUT2D eigenvalue weighted by atomic mass is 32.2. The molecule has 2 aromatic rings. The number of hydrogen-bond donors (Lipinski definition) is 0. The van der Waals surface area contributed by atoms with Crippen molar-refractivity contribution < 1.29 is 17.6 Å². The first-order valence-electron chi connectivity index (χ1n) is 10.3. The molecule has 1 saturated heterocycles. The van der Waals surface area contributed by atoms with Crippen LogP contribution in [0, 0.1) is 12.7 Å². The SMILES string of the molecule is Cc1nc([C@H]2CCCN2S(=O)(=O)N(C)C)nc2c1CCC(=O)N2Cc1ccc(F)cc1. The van der Waals surface area contributed by atoms with Crippen LogP contribution in [-0.4, -0.2) is 53.5 Å². The minimum atomic E-state index is -3.61. The van der Waals surface area contributed by atoms with E-state index in [2.05, 4.69) is 4.98 Å². The molecule has 0 bridgehead atoms. The van der Waals surface area contributed by atoms with Crippen LogP contribution in [0.5, 0.6) is 0 Å². The normalized spacial score (nSPS) is 19.8. The number of hydrogen-bond acceptors (Lipinski definition) is 5. The molecular formula is C21H26FN5O3S. The van der Waals surface area contributed by atoms with Crippen LogP contribution in [0.15, 0.2) is 24.3 Å². The van der Waals surface area contributed by atoms with Crippen molar-refractivity contribution in [1.82, 2.24) is 18.6 Å². The van der Waals surface area contributed by atoms with E-state index < -0.39 is 16.3 Å². The summed E-state index contributed by atoms with van der Waals surface area (Å²) in [6, 6.07) is 5.55. The molecule has 0 unspecified atom stereocenters. The second-order valence-electron chi connectivity index (χ2n) is 8.13. The largest absolute Gasteiger partial charge is 0.292 e. The van der Waals surface area contributed by atoms with Crippen LogP contribution in [0.1, 0.15) is 47.9 Å². The van der Waals surface area contributed by atoms with E-state index >= 15 is 0 Å². The molecule has 0 N–H and O–H groups in total. The monoisotopic (exact) mass is 447 g/mol. The van der Waals surface area contributed by atoms with Crippen LogP contribution < -0.4 is 4.90 Å². The van der Waals surface area contributed by atoms with Gasteiger partial charge in [-0.2, -0.15) is 17.0 Å². The number of carbonyl (C=O) groups excluding carboxylic acids is 1. The second-order valence-corrected chi connectivity index (χ2v) is 10.2. The predicted molar refractivity (Wildman–Crippen MR) is 114 cm³/mol. The molecule has 2 aliphatic rings. The van der Waals surface area contributed by atoms with Gasteiger partial charge in [-0.15, -0.1) is 0 Å². The Morgan fingerprint density at radius 3 is 2.55 bits per heavy atom. The Morgan fingerprint density at radius 2 is 1.87 bits per heavy atom. The summed E-state index contributed by atoms with van der Waals surface area (Å²) in [6.07, 6.45) is 2.24. The number of aromatic nitrogens is 2. The Balaban J connectivity index is 1.73. The smallest absolute Gasteiger partial charge is 0.282 e. The first-order valence-corrected chi connectivity index (χ1v) is 11.7. The minimum absolute atomic E-state index is 0.0648. The highest BCUT2D eigenvalue weighted by Crippen LogP contribution is 2.36. The number of rotatable bonds is 5. The lowest BCUT2D eigenvalue weighted by atomic mass is 10.0. The summed E-state index contributed by atoms with van der Waals surface area (Å²) in [6.45, 7) is 2.55. The van der Waals surface area contributed by atoms with E-state index in [9.17, 15) is 17.6 Å². The van der Waals surface area contributed by atoms with Crippen molar-refractivity contribution in [1.29, 1.82) is 0 Å². The van der Waals surface area contributed by atoms with E-state index in [0.717, 1.165) is 23.2 Å². The van der Waals surface area contributed by atoms with E-state index in [-0.39, 0.29) is 18.3 Å². The van der Waals surface area contributed by atoms with Crippen molar-refractivity contribution in [3.8, 4) is 0 Å². The van der Waals surface area contributed by atoms with Crippen molar-refractivity contribution in [2.24, 2.45) is 0 Å². The summed E-state index contributed by atoms with van der Waals surface area (Å²) in [5, 5.41) is 0. The molecule has 1 aromatic heterocycles. The number of aryl methyl sites for hydroxylation is 1. The van der Waals surface area contributed by atoms with Crippen LogP contribution in [0.25, 0.3) is 0 Å². The third-order valence-electron chi connectivity index (χ3n) is 5.87. The maximum absolute atomic E-state index is 13.3. The molecule has 2 aliphatic heterocycles. The standard InChI is InChI=1S/C21H26FN5O3S/c1-14-17-10-11-19(28)26(13-15-6-8-16(22)9-7-15)21(17)24-20(23-14)18-5-4-12-27(18)31(29,30)25(2)3/h6-9,18H,4-5,10-13H2,1-3H3/t18-/m1/s1. The number of nitrogens with zero attached hydrogens (tertiary/aromatic N) is 5. The first kappa shape index (κ1) is 21.8. The van der Waals surface area contributed by atoms with Crippen LogP contribution >= 0.6 is 0 Å². The Hall–Kier alpha value is -2.43. The highest BCUT2D eigenvalue weighted by molar-refractivity contribution is 7.86. The third kappa shape index (κ3) is 4.07. The van der Waals surface area contributed by atoms with Crippen LogP contribution in [-0.2, 0) is 28.0 Å². The van der Waals surface area contributed by atoms with Crippen molar-refractivity contribution in [2.45, 2.75) is 45.2 Å². The third-order valence-corrected chi connectivity index (χ3v) is 7.82. The zero-order chi connectivity index (χ0) is 22.3. The molecule has 31 heavy (non-hydrogen) atoms. The summed E-state index contributed by atoms with van der Waals surface area (Å²) < 4.78 is 41.5. The number of fused-ring (bicyclic) bond motifs is 1. The fourth-order valence-corrected chi connectivity index (χ4v) is 5.47. The second kappa shape index (κ2) is 8.25. The summed E-state index contributed by atoms with van der Waals surface area (Å²) in [7, 11) is -0.601. The Kier molecular flexibility index (Phi) is 5.80. The van der Waals surface area contributed by atoms with Crippen LogP contribution in [0.4, 0.5) is 10.2 Å². The minimum Gasteiger partial charge on any atom is -0.292 e. The van der Waals surface area contributed by atoms with Crippen molar-refractivity contribution in [3.63, 3.8) is 0 Å². The molecule has 1 atom stereocenters. The van der Waals surface area contributed by atoms with E-state index in [0.29, 0.717) is 37.4 Å². The van der Waals surface area contributed by atoms with E-state index in [4.69, 9.17) is 4.98 Å². The number of benzene rings is 1. The van der Waals surface area contributed by atoms with Gasteiger partial charge in [0.2, 0.25) is 5.91 Å². The molecule has 1 fully saturated rings. The fraction of sp³-hybridized carbons (Fsp3) is 0.476. The van der Waals surface area contributed by atoms with Gasteiger partial charge in [0.15, 0.2) is 0 Å². The van der Waals surface area contributed by atoms with Gasteiger partial charge in [0, 0.05) is 38.3 Å². The first-order chi connectivity index (χ1) is 14.7. The zero-order valence-corrected chi connectivity index (χ0v) is 18.7. The van der Waals surface area contributed by atoms with Crippen molar-refractivity contribution in [3.05, 3.63) is 52.7 Å². The van der Waals surface area contributed by atoms with Gasteiger partial charge in [-0.05, 0) is 43.9 Å². The number of amides is 1. The van der Waals surface area contributed by atoms with E-state index in [1.807, 2.05) is 6.92 Å². The van der Waals surface area contributed by atoms with Gasteiger partial charge in [-0.25, -0.2) is 14.4 Å². The van der Waals surface area contributed by atoms with Gasteiger partial charge < -0.3 is 0 Å². The summed E-state index contributed by atoms with van der Waals surface area (Å²) in [5.74, 6) is 0.540. The average Bonchev–Trinajstić information content (AvgIpc) is 3.22. The average molecular weight is 448 g/mol. The Labute approximate surface area is 181 Å². The molecule has 3 heterocycles. The van der Waals surface area contributed by atoms with Gasteiger partial charge in [-0.1, -0.05) is 12.1 Å². The van der Waals surface area contributed by atoms with Gasteiger partial charge in [0.1, 0.15) is 17.5 Å². The lowest BCUT2D eigenvalue weighted by Gasteiger charge is -2.31. The zero-order valence-electron chi connectivity index (χ0n) is 17.9. The predicted octanol–water partition coefficient (Wildman–Crippen LogP) is 2.35. The lowest BCUT2D eigenvalue weighted by Crippen LogP contribution is -2.40. The molecule has 10 heteroatoms. The van der Waals surface area contributed by atoms with Crippen LogP contribution in [0.3, 0.4) is 0 Å². The highest BCUT2D eigenvalue weighted by Gasteiger charge is 2.39. The molecule has 1 amide bonds. The molecular weight excluding hydrogens is 421 g/mol. The van der Waals surface area contributed by atoms with Crippen LogP contribution in [0.2, 0.25) is 0 Å². The van der Waals surface area contributed by atoms with Gasteiger partial charge in [0.05, 0.1) is 12.6 Å². The van der Waals surface area contributed by atoms with Gasteiger partial charge >= 0.3 is 0 Å². The van der Waals surface area contributed by atoms with Crippen molar-refractivity contribution in [2.75, 3.05) is 25.5 Å². The molecule has 4 rings (SSSR count). The van der Waals surface area contributed by atoms with E-state index in [1.165, 1.54) is 34.8 Å². The number of halogens is 1. The molecule has 1 aromatic carbocycles.